The van der Waals surface area contributed by atoms with Crippen LogP contribution in [-0.2, 0) is 52.5 Å². The maximum atomic E-state index is 15.0. The van der Waals surface area contributed by atoms with Crippen LogP contribution in [0.15, 0.2) is 66.4 Å². The summed E-state index contributed by atoms with van der Waals surface area (Å²) >= 11 is 0. The molecule has 0 saturated heterocycles. The Morgan fingerprint density at radius 1 is 0.824 bits per heavy atom. The van der Waals surface area contributed by atoms with Crippen molar-refractivity contribution >= 4 is 64.3 Å². The fourth-order valence-corrected chi connectivity index (χ4v) is 8.88. The largest absolute Gasteiger partial charge is 0.478 e. The first kappa shape index (κ1) is 61.4. The predicted molar refractivity (Wildman–Crippen MR) is 285 cm³/mol. The van der Waals surface area contributed by atoms with Crippen molar-refractivity contribution in [3.8, 4) is 0 Å². The van der Waals surface area contributed by atoms with Crippen LogP contribution in [0.25, 0.3) is 10.9 Å². The molecule has 0 fully saturated rings. The Hall–Kier alpha value is -6.92. The number of nitrogens with zero attached hydrogens (tertiary/aromatic N) is 3. The molecule has 0 aliphatic heterocycles. The molecule has 0 saturated carbocycles. The highest BCUT2D eigenvalue weighted by atomic mass is 16.6. The highest BCUT2D eigenvalue weighted by molar-refractivity contribution is 5.97. The van der Waals surface area contributed by atoms with Crippen LogP contribution in [0.4, 0.5) is 20.1 Å². The van der Waals surface area contributed by atoms with Gasteiger partial charge >= 0.3 is 24.2 Å². The van der Waals surface area contributed by atoms with Crippen LogP contribution in [-0.4, -0.2) is 118 Å². The summed E-state index contributed by atoms with van der Waals surface area (Å²) in [5.74, 6) is -4.35. The molecular weight excluding hydrogens is 949 g/mol. The maximum Gasteiger partial charge on any atom is 0.410 e. The zero-order valence-corrected chi connectivity index (χ0v) is 46.3. The van der Waals surface area contributed by atoms with Gasteiger partial charge in [-0.2, -0.15) is 0 Å². The first-order chi connectivity index (χ1) is 34.2. The number of carboxylic acid groups (broad SMARTS) is 1. The van der Waals surface area contributed by atoms with Gasteiger partial charge in [0.2, 0.25) is 17.7 Å². The Morgan fingerprint density at radius 3 is 1.97 bits per heavy atom. The standard InChI is InChI=1S/C55H82N8O11/c1-32(2)41(28-34(5)49(68)69)62(15)48(67)44(53(6,7)8)60-47(66)45(55(12,13)39-30-61(14)40-22-18-17-21-38(39)40)63(16)52(72)73-31-35-23-25-37(26-24-35)58-46(65)36(20-19-27-57-50(56)70)29-42(64)43(33(3)4)59-51(71)74-54(9,10)11/h17-18,21-26,28,30,32-33,36,41,43-45H,19-20,27,29,31H2,1-16H3,(H,58,65)(H,59,71)(H,60,66)(H,68,69)(H3,56,57,70)/b34-28+/t36-,41-,43?,44-,45-/m1/s1. The Kier molecular flexibility index (Phi) is 21.4. The number of rotatable bonds is 23. The van der Waals surface area contributed by atoms with Crippen LogP contribution < -0.4 is 27.0 Å². The molecule has 0 aliphatic carbocycles. The van der Waals surface area contributed by atoms with E-state index >= 15 is 4.79 Å². The lowest BCUT2D eigenvalue weighted by Gasteiger charge is -2.42. The number of ether oxygens (including phenoxy) is 2. The van der Waals surface area contributed by atoms with Gasteiger partial charge in [0.15, 0.2) is 5.78 Å². The number of anilines is 1. The highest BCUT2D eigenvalue weighted by Gasteiger charge is 2.46. The number of nitrogens with two attached hydrogens (primary N) is 1. The van der Waals surface area contributed by atoms with Gasteiger partial charge in [-0.15, -0.1) is 0 Å². The van der Waals surface area contributed by atoms with E-state index in [9.17, 15) is 38.7 Å². The predicted octanol–water partition coefficient (Wildman–Crippen LogP) is 7.65. The third-order valence-electron chi connectivity index (χ3n) is 13.0. The molecule has 1 unspecified atom stereocenters. The van der Waals surface area contributed by atoms with Crippen LogP contribution in [0.1, 0.15) is 120 Å². The number of aliphatic carboxylic acids is 1. The van der Waals surface area contributed by atoms with Crippen molar-refractivity contribution in [2.75, 3.05) is 26.0 Å². The lowest BCUT2D eigenvalue weighted by molar-refractivity contribution is -0.141. The number of aromatic nitrogens is 1. The fraction of sp³-hybridized carbons (Fsp3) is 0.564. The quantitative estimate of drug-likeness (QED) is 0.0397. The number of carboxylic acids is 1. The smallest absolute Gasteiger partial charge is 0.410 e. The molecule has 0 aliphatic rings. The summed E-state index contributed by atoms with van der Waals surface area (Å²) < 4.78 is 13.2. The molecule has 0 bridgehead atoms. The number of amides is 7. The summed E-state index contributed by atoms with van der Waals surface area (Å²) in [6.07, 6.45) is 2.19. The van der Waals surface area contributed by atoms with Crippen LogP contribution in [0.5, 0.6) is 0 Å². The number of carbonyl (C=O) groups is 8. The van der Waals surface area contributed by atoms with Gasteiger partial charge in [-0.1, -0.05) is 98.7 Å². The van der Waals surface area contributed by atoms with Gasteiger partial charge in [0.05, 0.1) is 12.1 Å². The van der Waals surface area contributed by atoms with Crippen molar-refractivity contribution in [1.82, 2.24) is 30.3 Å². The molecule has 408 valence electrons. The molecule has 19 heteroatoms. The number of likely N-dealkylation sites (N-methyl/N-ethyl adjacent to an activating group) is 2. The van der Waals surface area contributed by atoms with E-state index in [0.29, 0.717) is 17.7 Å². The van der Waals surface area contributed by atoms with Gasteiger partial charge in [0, 0.05) is 73.8 Å². The lowest BCUT2D eigenvalue weighted by Crippen LogP contribution is -2.63. The van der Waals surface area contributed by atoms with E-state index in [0.717, 1.165) is 16.5 Å². The molecule has 19 nitrogen and oxygen atoms in total. The van der Waals surface area contributed by atoms with Gasteiger partial charge in [-0.3, -0.25) is 24.1 Å². The second-order valence-electron chi connectivity index (χ2n) is 22.5. The second-order valence-corrected chi connectivity index (χ2v) is 22.5. The van der Waals surface area contributed by atoms with Crippen molar-refractivity contribution < 1.29 is 52.9 Å². The molecule has 0 spiro atoms. The van der Waals surface area contributed by atoms with E-state index in [2.05, 4.69) is 21.3 Å². The van der Waals surface area contributed by atoms with Crippen molar-refractivity contribution in [1.29, 1.82) is 0 Å². The van der Waals surface area contributed by atoms with Crippen LogP contribution in [0.2, 0.25) is 0 Å². The average molecular weight is 1030 g/mol. The molecule has 1 heterocycles. The number of para-hydroxylation sites is 1. The number of benzene rings is 2. The number of hydrogen-bond acceptors (Lipinski definition) is 10. The maximum absolute atomic E-state index is 15.0. The van der Waals surface area contributed by atoms with E-state index in [-0.39, 0.29) is 49.2 Å². The highest BCUT2D eigenvalue weighted by Crippen LogP contribution is 2.37. The van der Waals surface area contributed by atoms with Gasteiger partial charge < -0.3 is 51.0 Å². The van der Waals surface area contributed by atoms with Crippen LogP contribution >= 0.6 is 0 Å². The Balaban J connectivity index is 1.92. The van der Waals surface area contributed by atoms with E-state index in [1.165, 1.54) is 29.8 Å². The van der Waals surface area contributed by atoms with Crippen molar-refractivity contribution in [2.24, 2.45) is 36.0 Å². The van der Waals surface area contributed by atoms with E-state index in [1.807, 2.05) is 90.5 Å². The minimum Gasteiger partial charge on any atom is -0.478 e. The van der Waals surface area contributed by atoms with Gasteiger partial charge in [-0.05, 0) is 87.1 Å². The van der Waals surface area contributed by atoms with Crippen LogP contribution in [0.3, 0.4) is 0 Å². The Bertz CT molecular complexity index is 2520. The number of ketones is 1. The zero-order valence-electron chi connectivity index (χ0n) is 46.3. The molecule has 0 radical (unpaired) electrons. The monoisotopic (exact) mass is 1030 g/mol. The fourth-order valence-electron chi connectivity index (χ4n) is 8.88. The third-order valence-corrected chi connectivity index (χ3v) is 13.0. The minimum atomic E-state index is -1.24. The Morgan fingerprint density at radius 2 is 1.43 bits per heavy atom. The summed E-state index contributed by atoms with van der Waals surface area (Å²) in [4.78, 5) is 110. The van der Waals surface area contributed by atoms with Crippen molar-refractivity contribution in [2.45, 2.75) is 151 Å². The lowest BCUT2D eigenvalue weighted by atomic mass is 9.76. The van der Waals surface area contributed by atoms with Crippen LogP contribution in [0, 0.1) is 23.2 Å². The number of urea groups is 1. The van der Waals surface area contributed by atoms with Crippen molar-refractivity contribution in [3.63, 3.8) is 0 Å². The van der Waals surface area contributed by atoms with Gasteiger partial charge in [0.1, 0.15) is 24.3 Å². The summed E-state index contributed by atoms with van der Waals surface area (Å²) in [5, 5.41) is 21.5. The normalized spacial score (nSPS) is 14.3. The molecule has 74 heavy (non-hydrogen) atoms. The molecule has 5 atom stereocenters. The zero-order chi connectivity index (χ0) is 56.2. The Labute approximate surface area is 436 Å². The third kappa shape index (κ3) is 17.1. The molecule has 3 rings (SSSR count). The summed E-state index contributed by atoms with van der Waals surface area (Å²) in [7, 11) is 4.94. The van der Waals surface area contributed by atoms with E-state index in [4.69, 9.17) is 15.2 Å². The summed E-state index contributed by atoms with van der Waals surface area (Å²) in [6.45, 7) is 23.0. The first-order valence-electron chi connectivity index (χ1n) is 25.1. The van der Waals surface area contributed by atoms with Gasteiger partial charge in [0.25, 0.3) is 0 Å². The molecule has 7 amide bonds. The number of alkyl carbamates (subject to hydrolysis) is 1. The number of nitrogens with one attached hydrogen (secondary N) is 4. The average Bonchev–Trinajstić information content (AvgIpc) is 3.64. The summed E-state index contributed by atoms with van der Waals surface area (Å²) in [5.41, 5.74) is 5.18. The number of hydrogen-bond donors (Lipinski definition) is 6. The number of primary amides is 1. The van der Waals surface area contributed by atoms with E-state index < -0.39 is 88.4 Å². The van der Waals surface area contributed by atoms with Gasteiger partial charge in [-0.25, -0.2) is 19.2 Å². The summed E-state index contributed by atoms with van der Waals surface area (Å²) in [6, 6.07) is 9.61. The first-order valence-corrected chi connectivity index (χ1v) is 25.1. The van der Waals surface area contributed by atoms with Crippen molar-refractivity contribution in [3.05, 3.63) is 77.5 Å². The van der Waals surface area contributed by atoms with E-state index in [1.54, 1.807) is 65.9 Å². The molecule has 1 aromatic heterocycles. The molecule has 2 aromatic carbocycles. The minimum absolute atomic E-state index is 0.0745. The molecule has 3 aromatic rings. The topological polar surface area (TPSA) is 261 Å². The molecular formula is C55H82N8O11. The number of fused-ring (bicyclic) bond motifs is 1. The SMILES string of the molecule is C/C(=C\[C@H](C(C)C)N(C)C(=O)[C@@H](NC(=O)[C@@H](N(C)C(=O)OCc1ccc(NC(=O)[C@H](CCCNC(N)=O)CC(=O)C(NC(=O)OC(C)(C)C)C(C)C)cc1)C(C)(C)c1cn(C)c2ccccc12)C(C)(C)C)C(=O)O. The number of aryl methyl sites for hydroxylation is 1. The number of Topliss-reactive ketones (excluding diaryl/α,β-unsaturated/α-hetero) is 1. The second kappa shape index (κ2) is 25.8. The molecule has 7 N–H and O–H groups in total. The number of carbonyl (C=O) groups excluding carboxylic acids is 7.